The molecule has 0 fully saturated rings. The Bertz CT molecular complexity index is 891. The van der Waals surface area contributed by atoms with Crippen LogP contribution in [-0.4, -0.2) is 51.7 Å². The quantitative estimate of drug-likeness (QED) is 0.521. The summed E-state index contributed by atoms with van der Waals surface area (Å²) in [6, 6.07) is 0. The molecule has 0 aromatic carbocycles. The van der Waals surface area contributed by atoms with Crippen LogP contribution in [0.4, 0.5) is 5.13 Å². The van der Waals surface area contributed by atoms with Crippen molar-refractivity contribution in [1.29, 1.82) is 0 Å². The molecule has 2 heterocycles. The van der Waals surface area contributed by atoms with Gasteiger partial charge in [0, 0.05) is 23.2 Å². The SMILES string of the molecule is Cc1csc(NC(=O)CSc2nc(=O)n(CCCN(C)C)c3c2CCCC3)n1. The van der Waals surface area contributed by atoms with Gasteiger partial charge >= 0.3 is 5.69 Å². The van der Waals surface area contributed by atoms with Crippen molar-refractivity contribution in [2.75, 3.05) is 31.7 Å². The highest BCUT2D eigenvalue weighted by atomic mass is 32.2. The van der Waals surface area contributed by atoms with Gasteiger partial charge in [-0.05, 0) is 59.7 Å². The highest BCUT2D eigenvalue weighted by molar-refractivity contribution is 8.00. The lowest BCUT2D eigenvalue weighted by Crippen LogP contribution is -2.31. The maximum atomic E-state index is 12.6. The van der Waals surface area contributed by atoms with E-state index in [1.807, 2.05) is 31.0 Å². The fraction of sp³-hybridized carbons (Fsp3) is 0.579. The number of carbonyl (C=O) groups is 1. The summed E-state index contributed by atoms with van der Waals surface area (Å²) in [6.45, 7) is 3.53. The maximum Gasteiger partial charge on any atom is 0.348 e. The standard InChI is InChI=1S/C19H27N5O2S2/c1-13-11-28-18(20-13)21-16(25)12-27-17-14-7-4-5-8-15(14)24(19(26)22-17)10-6-9-23(2)3/h11H,4-10,12H2,1-3H3,(H,20,21,25). The van der Waals surface area contributed by atoms with Gasteiger partial charge in [0.2, 0.25) is 5.91 Å². The molecule has 0 aliphatic heterocycles. The van der Waals surface area contributed by atoms with E-state index in [-0.39, 0.29) is 17.3 Å². The van der Waals surface area contributed by atoms with Gasteiger partial charge in [-0.25, -0.2) is 9.78 Å². The fourth-order valence-corrected chi connectivity index (χ4v) is 4.92. The monoisotopic (exact) mass is 421 g/mol. The molecule has 2 aromatic heterocycles. The molecule has 0 saturated carbocycles. The first-order chi connectivity index (χ1) is 13.4. The number of hydrogen-bond acceptors (Lipinski definition) is 7. The molecule has 0 atom stereocenters. The molecule has 0 spiro atoms. The topological polar surface area (TPSA) is 80.1 Å². The number of aromatic nitrogens is 3. The number of thiazole rings is 1. The van der Waals surface area contributed by atoms with Gasteiger partial charge in [0.15, 0.2) is 5.13 Å². The van der Waals surface area contributed by atoms with E-state index in [1.165, 1.54) is 23.1 Å². The fourth-order valence-electron chi connectivity index (χ4n) is 3.34. The lowest BCUT2D eigenvalue weighted by atomic mass is 9.97. The van der Waals surface area contributed by atoms with Gasteiger partial charge in [-0.2, -0.15) is 4.98 Å². The Labute approximate surface area is 173 Å². The smallest absolute Gasteiger partial charge is 0.309 e. The van der Waals surface area contributed by atoms with Crippen LogP contribution in [0, 0.1) is 6.92 Å². The van der Waals surface area contributed by atoms with Gasteiger partial charge in [0.25, 0.3) is 0 Å². The number of nitrogens with zero attached hydrogens (tertiary/aromatic N) is 4. The van der Waals surface area contributed by atoms with Crippen LogP contribution in [0.3, 0.4) is 0 Å². The predicted octanol–water partition coefficient (Wildman–Crippen LogP) is 2.57. The van der Waals surface area contributed by atoms with Crippen LogP contribution in [0.5, 0.6) is 0 Å². The van der Waals surface area contributed by atoms with Crippen LogP contribution in [0.2, 0.25) is 0 Å². The first-order valence-corrected chi connectivity index (χ1v) is 11.4. The zero-order valence-electron chi connectivity index (χ0n) is 16.7. The number of amides is 1. The van der Waals surface area contributed by atoms with E-state index in [0.29, 0.717) is 16.7 Å². The number of thioether (sulfide) groups is 1. The molecule has 9 heteroatoms. The molecule has 2 aromatic rings. The van der Waals surface area contributed by atoms with Gasteiger partial charge in [-0.3, -0.25) is 9.36 Å². The van der Waals surface area contributed by atoms with Gasteiger partial charge in [0.1, 0.15) is 5.03 Å². The number of rotatable bonds is 8. The van der Waals surface area contributed by atoms with E-state index in [0.717, 1.165) is 55.6 Å². The highest BCUT2D eigenvalue weighted by Gasteiger charge is 2.21. The van der Waals surface area contributed by atoms with Gasteiger partial charge in [-0.15, -0.1) is 11.3 Å². The van der Waals surface area contributed by atoms with Crippen LogP contribution in [0.1, 0.15) is 36.2 Å². The van der Waals surface area contributed by atoms with Crippen molar-refractivity contribution in [1.82, 2.24) is 19.4 Å². The summed E-state index contributed by atoms with van der Waals surface area (Å²) in [5, 5.41) is 6.03. The lowest BCUT2D eigenvalue weighted by Gasteiger charge is -2.23. The molecule has 1 N–H and O–H groups in total. The molecular weight excluding hydrogens is 394 g/mol. The minimum absolute atomic E-state index is 0.124. The molecule has 0 bridgehead atoms. The number of carbonyl (C=O) groups excluding carboxylic acids is 1. The molecule has 1 aliphatic carbocycles. The third kappa shape index (κ3) is 5.42. The molecule has 0 unspecified atom stereocenters. The summed E-state index contributed by atoms with van der Waals surface area (Å²) in [5.41, 5.74) is 2.96. The summed E-state index contributed by atoms with van der Waals surface area (Å²) in [4.78, 5) is 35.6. The van der Waals surface area contributed by atoms with Crippen molar-refractivity contribution in [3.63, 3.8) is 0 Å². The Morgan fingerprint density at radius 1 is 1.32 bits per heavy atom. The van der Waals surface area contributed by atoms with E-state index < -0.39 is 0 Å². The Kier molecular flexibility index (Phi) is 7.25. The Hall–Kier alpha value is -1.71. The molecule has 152 valence electrons. The Morgan fingerprint density at radius 2 is 2.11 bits per heavy atom. The van der Waals surface area contributed by atoms with Crippen molar-refractivity contribution in [2.45, 2.75) is 50.6 Å². The van der Waals surface area contributed by atoms with Crippen molar-refractivity contribution in [3.8, 4) is 0 Å². The van der Waals surface area contributed by atoms with Gasteiger partial charge in [-0.1, -0.05) is 11.8 Å². The molecule has 0 saturated heterocycles. The normalized spacial score (nSPS) is 13.6. The average Bonchev–Trinajstić information content (AvgIpc) is 3.06. The molecular formula is C19H27N5O2S2. The minimum atomic E-state index is -0.196. The Morgan fingerprint density at radius 3 is 2.82 bits per heavy atom. The summed E-state index contributed by atoms with van der Waals surface area (Å²) >= 11 is 2.76. The van der Waals surface area contributed by atoms with Crippen LogP contribution in [-0.2, 0) is 24.2 Å². The van der Waals surface area contributed by atoms with Crippen molar-refractivity contribution in [3.05, 3.63) is 32.8 Å². The number of nitrogens with one attached hydrogen (secondary N) is 1. The van der Waals surface area contributed by atoms with E-state index in [1.54, 1.807) is 0 Å². The zero-order chi connectivity index (χ0) is 20.1. The predicted molar refractivity (Wildman–Crippen MR) is 115 cm³/mol. The third-order valence-electron chi connectivity index (χ3n) is 4.64. The molecule has 0 radical (unpaired) electrons. The number of aryl methyl sites for hydroxylation is 1. The summed E-state index contributed by atoms with van der Waals surface area (Å²) in [6.07, 6.45) is 4.95. The summed E-state index contributed by atoms with van der Waals surface area (Å²) < 4.78 is 1.85. The first-order valence-electron chi connectivity index (χ1n) is 9.56. The summed E-state index contributed by atoms with van der Waals surface area (Å²) in [5.74, 6) is 0.100. The Balaban J connectivity index is 1.71. The number of fused-ring (bicyclic) bond motifs is 1. The second-order valence-electron chi connectivity index (χ2n) is 7.27. The van der Waals surface area contributed by atoms with E-state index in [4.69, 9.17) is 0 Å². The van der Waals surface area contributed by atoms with Crippen molar-refractivity contribution >= 4 is 34.1 Å². The molecule has 28 heavy (non-hydrogen) atoms. The van der Waals surface area contributed by atoms with Gasteiger partial charge < -0.3 is 10.2 Å². The van der Waals surface area contributed by atoms with E-state index >= 15 is 0 Å². The largest absolute Gasteiger partial charge is 0.348 e. The molecule has 3 rings (SSSR count). The third-order valence-corrected chi connectivity index (χ3v) is 6.54. The van der Waals surface area contributed by atoms with Crippen LogP contribution in [0.15, 0.2) is 15.2 Å². The van der Waals surface area contributed by atoms with Gasteiger partial charge in [0.05, 0.1) is 11.4 Å². The lowest BCUT2D eigenvalue weighted by molar-refractivity contribution is -0.113. The van der Waals surface area contributed by atoms with Crippen molar-refractivity contribution in [2.24, 2.45) is 0 Å². The second kappa shape index (κ2) is 9.67. The molecule has 7 nitrogen and oxygen atoms in total. The number of anilines is 1. The maximum absolute atomic E-state index is 12.6. The molecule has 1 amide bonds. The minimum Gasteiger partial charge on any atom is -0.309 e. The first kappa shape index (κ1) is 21.0. The zero-order valence-corrected chi connectivity index (χ0v) is 18.3. The highest BCUT2D eigenvalue weighted by Crippen LogP contribution is 2.28. The average molecular weight is 422 g/mol. The van der Waals surface area contributed by atoms with E-state index in [9.17, 15) is 9.59 Å². The van der Waals surface area contributed by atoms with E-state index in [2.05, 4.69) is 20.2 Å². The van der Waals surface area contributed by atoms with Crippen LogP contribution < -0.4 is 11.0 Å². The number of hydrogen-bond donors (Lipinski definition) is 1. The van der Waals surface area contributed by atoms with Crippen LogP contribution in [0.25, 0.3) is 0 Å². The molecule has 1 aliphatic rings. The van der Waals surface area contributed by atoms with Crippen LogP contribution >= 0.6 is 23.1 Å². The van der Waals surface area contributed by atoms with Crippen molar-refractivity contribution < 1.29 is 4.79 Å². The second-order valence-corrected chi connectivity index (χ2v) is 9.09. The summed E-state index contributed by atoms with van der Waals surface area (Å²) in [7, 11) is 4.07.